The summed E-state index contributed by atoms with van der Waals surface area (Å²) in [5, 5.41) is 1.07. The van der Waals surface area contributed by atoms with Crippen molar-refractivity contribution in [2.75, 3.05) is 4.90 Å². The van der Waals surface area contributed by atoms with Crippen LogP contribution >= 0.6 is 0 Å². The van der Waals surface area contributed by atoms with Crippen LogP contribution in [0.4, 0.5) is 17.1 Å². The Kier molecular flexibility index (Phi) is 3.71. The van der Waals surface area contributed by atoms with Crippen molar-refractivity contribution >= 4 is 49.8 Å². The maximum atomic E-state index is 9.43. The first-order chi connectivity index (χ1) is 25.4. The highest BCUT2D eigenvalue weighted by Crippen LogP contribution is 2.40. The van der Waals surface area contributed by atoms with Crippen LogP contribution < -0.4 is 4.90 Å². The molecule has 7 aromatic carbocycles. The predicted molar refractivity (Wildman–Crippen MR) is 177 cm³/mol. The van der Waals surface area contributed by atoms with E-state index in [2.05, 4.69) is 4.90 Å². The molecule has 0 atom stereocenters. The number of anilines is 3. The fourth-order valence-electron chi connectivity index (χ4n) is 5.31. The highest BCUT2D eigenvalue weighted by atomic mass is 16.3. The third-order valence-electron chi connectivity index (χ3n) is 7.22. The Balaban J connectivity index is 1.38. The van der Waals surface area contributed by atoms with Crippen LogP contribution in [0.5, 0.6) is 0 Å². The van der Waals surface area contributed by atoms with Crippen LogP contribution in [0.3, 0.4) is 0 Å². The lowest BCUT2D eigenvalue weighted by molar-refractivity contribution is 0.669. The van der Waals surface area contributed by atoms with Crippen molar-refractivity contribution in [1.29, 1.82) is 0 Å². The smallest absolute Gasteiger partial charge is 0.137 e. The molecular formula is C40H27NO. The minimum Gasteiger partial charge on any atom is -0.456 e. The Hall–Kier alpha value is -5.60. The number of hydrogen-bond acceptors (Lipinski definition) is 2. The normalized spacial score (nSPS) is 15.0. The van der Waals surface area contributed by atoms with Gasteiger partial charge in [-0.25, -0.2) is 0 Å². The second-order valence-electron chi connectivity index (χ2n) is 9.75. The zero-order valence-electron chi connectivity index (χ0n) is 33.1. The van der Waals surface area contributed by atoms with Crippen molar-refractivity contribution in [3.63, 3.8) is 0 Å². The molecule has 0 spiro atoms. The molecule has 8 aromatic rings. The third kappa shape index (κ3) is 4.22. The maximum absolute atomic E-state index is 9.43. The van der Waals surface area contributed by atoms with Gasteiger partial charge in [0.05, 0.1) is 15.1 Å². The largest absolute Gasteiger partial charge is 0.456 e. The molecule has 1 heterocycles. The van der Waals surface area contributed by atoms with Crippen molar-refractivity contribution in [3.8, 4) is 22.3 Å². The van der Waals surface area contributed by atoms with E-state index in [1.807, 2.05) is 78.9 Å². The Morgan fingerprint density at radius 3 is 1.86 bits per heavy atom. The fourth-order valence-corrected chi connectivity index (χ4v) is 5.31. The second-order valence-corrected chi connectivity index (χ2v) is 9.75. The zero-order chi connectivity index (χ0) is 37.5. The van der Waals surface area contributed by atoms with Gasteiger partial charge in [-0.15, -0.1) is 0 Å². The Morgan fingerprint density at radius 1 is 0.476 bits per heavy atom. The van der Waals surface area contributed by atoms with Gasteiger partial charge in [-0.3, -0.25) is 0 Å². The Morgan fingerprint density at radius 2 is 1.12 bits per heavy atom. The lowest BCUT2D eigenvalue weighted by Gasteiger charge is -2.25. The summed E-state index contributed by atoms with van der Waals surface area (Å²) < 4.78 is 102. The van der Waals surface area contributed by atoms with E-state index < -0.39 is 66.0 Å². The summed E-state index contributed by atoms with van der Waals surface area (Å²) >= 11 is 0. The van der Waals surface area contributed by atoms with Crippen LogP contribution in [-0.2, 0) is 0 Å². The van der Waals surface area contributed by atoms with Crippen LogP contribution in [-0.4, -0.2) is 0 Å². The average molecular weight is 549 g/mol. The molecule has 0 N–H and O–H groups in total. The fraction of sp³-hybridized carbons (Fsp3) is 0. The Bertz CT molecular complexity index is 2730. The third-order valence-corrected chi connectivity index (χ3v) is 7.22. The van der Waals surface area contributed by atoms with Crippen LogP contribution in [0.15, 0.2) is 168 Å². The summed E-state index contributed by atoms with van der Waals surface area (Å²) in [5.74, 6) is 0. The van der Waals surface area contributed by atoms with Crippen LogP contribution in [0, 0.1) is 0 Å². The Labute approximate surface area is 260 Å². The zero-order valence-corrected chi connectivity index (χ0v) is 22.1. The monoisotopic (exact) mass is 548 g/mol. The molecule has 0 unspecified atom stereocenters. The molecular weight excluding hydrogens is 510 g/mol. The van der Waals surface area contributed by atoms with Crippen LogP contribution in [0.1, 0.15) is 15.1 Å². The summed E-state index contributed by atoms with van der Waals surface area (Å²) in [7, 11) is 0. The molecule has 0 aliphatic heterocycles. The second kappa shape index (κ2) is 10.1. The van der Waals surface area contributed by atoms with Gasteiger partial charge in [-0.05, 0) is 93.6 Å². The van der Waals surface area contributed by atoms with Gasteiger partial charge in [0.1, 0.15) is 11.2 Å². The van der Waals surface area contributed by atoms with Crippen molar-refractivity contribution in [2.45, 2.75) is 0 Å². The molecule has 2 nitrogen and oxygen atoms in total. The molecule has 8 rings (SSSR count). The first-order valence-electron chi connectivity index (χ1n) is 18.9. The molecule has 0 radical (unpaired) electrons. The highest BCUT2D eigenvalue weighted by molar-refractivity contribution is 6.08. The number of hydrogen-bond donors (Lipinski definition) is 0. The number of rotatable bonds is 5. The standard InChI is InChI=1S/C40H27NO/c1-4-12-28(13-5-1)38-25-31(24-30-14-10-11-19-35(30)38)29-20-22-36-37-23-21-34(27-40(37)42-39(36)26-29)41(32-15-6-2-7-16-32)33-17-8-3-9-18-33/h1-27H/i1D,4D,5D,10D,11D,12D,13D,14D,19D,24D,25D. The molecule has 1 aromatic heterocycles. The number of para-hydroxylation sites is 2. The molecule has 0 bridgehead atoms. The van der Waals surface area contributed by atoms with Gasteiger partial charge >= 0.3 is 0 Å². The molecule has 2 heteroatoms. The quantitative estimate of drug-likeness (QED) is 0.213. The summed E-state index contributed by atoms with van der Waals surface area (Å²) in [5.41, 5.74) is 3.34. The van der Waals surface area contributed by atoms with Crippen LogP contribution in [0.25, 0.3) is 55.0 Å². The number of benzene rings is 7. The predicted octanol–water partition coefficient (Wildman–Crippen LogP) is 11.5. The van der Waals surface area contributed by atoms with Gasteiger partial charge < -0.3 is 9.32 Å². The van der Waals surface area contributed by atoms with Crippen molar-refractivity contribution in [3.05, 3.63) is 164 Å². The maximum Gasteiger partial charge on any atom is 0.137 e. The molecule has 0 aliphatic carbocycles. The van der Waals surface area contributed by atoms with Crippen LogP contribution in [0.2, 0.25) is 0 Å². The summed E-state index contributed by atoms with van der Waals surface area (Å²) in [6, 6.07) is 24.5. The van der Waals surface area contributed by atoms with Crippen molar-refractivity contribution < 1.29 is 19.5 Å². The van der Waals surface area contributed by atoms with E-state index in [9.17, 15) is 2.74 Å². The SMILES string of the molecule is [2H]c1c([2H])c([2H])c(-c2c([2H])c(-c3ccc4c(c3)oc3cc(N(c5ccccc5)c5ccccc5)ccc34)c([2H])c3c([2H])c([2H])c([2H])c([2H])c23)c([2H])c1[2H]. The first kappa shape index (κ1) is 15.4. The molecule has 0 aliphatic rings. The number of fused-ring (bicyclic) bond motifs is 4. The lowest BCUT2D eigenvalue weighted by atomic mass is 9.93. The van der Waals surface area contributed by atoms with Gasteiger partial charge in [-0.2, -0.15) is 0 Å². The van der Waals surface area contributed by atoms with E-state index in [0.29, 0.717) is 16.7 Å². The molecule has 0 amide bonds. The van der Waals surface area contributed by atoms with E-state index >= 15 is 0 Å². The molecule has 198 valence electrons. The van der Waals surface area contributed by atoms with Gasteiger partial charge in [0.15, 0.2) is 0 Å². The number of nitrogens with zero attached hydrogens (tertiary/aromatic N) is 1. The van der Waals surface area contributed by atoms with E-state index in [-0.39, 0.29) is 27.9 Å². The van der Waals surface area contributed by atoms with Gasteiger partial charge in [0.2, 0.25) is 0 Å². The van der Waals surface area contributed by atoms with Crippen molar-refractivity contribution in [1.82, 2.24) is 0 Å². The van der Waals surface area contributed by atoms with Crippen molar-refractivity contribution in [2.24, 2.45) is 0 Å². The minimum atomic E-state index is -0.660. The topological polar surface area (TPSA) is 16.4 Å². The van der Waals surface area contributed by atoms with Gasteiger partial charge in [0.25, 0.3) is 0 Å². The average Bonchev–Trinajstić information content (AvgIpc) is 3.53. The molecule has 0 saturated heterocycles. The highest BCUT2D eigenvalue weighted by Gasteiger charge is 2.16. The summed E-state index contributed by atoms with van der Waals surface area (Å²) in [6.07, 6.45) is 0. The summed E-state index contributed by atoms with van der Waals surface area (Å²) in [6.45, 7) is 0. The van der Waals surface area contributed by atoms with E-state index in [1.54, 1.807) is 18.2 Å². The van der Waals surface area contributed by atoms with Gasteiger partial charge in [-0.1, -0.05) is 96.8 Å². The van der Waals surface area contributed by atoms with Gasteiger partial charge in [0, 0.05) is 33.9 Å². The van der Waals surface area contributed by atoms with E-state index in [0.717, 1.165) is 27.8 Å². The van der Waals surface area contributed by atoms with E-state index in [4.69, 9.17) is 16.8 Å². The van der Waals surface area contributed by atoms with E-state index in [1.165, 1.54) is 0 Å². The molecule has 0 saturated carbocycles. The molecule has 0 fully saturated rings. The lowest BCUT2D eigenvalue weighted by Crippen LogP contribution is -2.09. The number of furan rings is 1. The first-order valence-corrected chi connectivity index (χ1v) is 13.4. The minimum absolute atomic E-state index is 0.0493. The molecule has 42 heavy (non-hydrogen) atoms. The summed E-state index contributed by atoms with van der Waals surface area (Å²) in [4.78, 5) is 2.11.